The molecule has 0 radical (unpaired) electrons. The van der Waals surface area contributed by atoms with Crippen molar-refractivity contribution in [2.45, 2.75) is 25.3 Å². The number of nitrogens with zero attached hydrogens (tertiary/aromatic N) is 2. The lowest BCUT2D eigenvalue weighted by molar-refractivity contribution is 0.106. The van der Waals surface area contributed by atoms with Gasteiger partial charge in [-0.3, -0.25) is 4.90 Å². The van der Waals surface area contributed by atoms with Gasteiger partial charge in [0.25, 0.3) is 0 Å². The van der Waals surface area contributed by atoms with Gasteiger partial charge in [-0.05, 0) is 54.3 Å². The average molecular weight is 502 g/mol. The molecular formula is C29H31N3O3S. The first-order valence-electron chi connectivity index (χ1n) is 12.1. The average Bonchev–Trinajstić information content (AvgIpc) is 2.93. The standard InChI is InChI=1S/C29H31N3O3S/c1-23(26-10-6-3-7-11-26)20-27(30-33)21-32-19-18-31(22-29(32)36(34)35)28-16-14-25(15-17-28)13-12-24-8-4-2-5-9-24/h2-11,14-17,23,27,30,33H,18-22H2,1H3/t23-,27?/m0/s1. The Morgan fingerprint density at radius 1 is 0.889 bits per heavy atom. The molecule has 36 heavy (non-hydrogen) atoms. The number of hydroxylamine groups is 1. The van der Waals surface area contributed by atoms with Crippen LogP contribution in [0.1, 0.15) is 36.0 Å². The van der Waals surface area contributed by atoms with E-state index in [0.717, 1.165) is 16.8 Å². The molecule has 4 rings (SSSR count). The molecule has 186 valence electrons. The lowest BCUT2D eigenvalue weighted by atomic mass is 9.94. The van der Waals surface area contributed by atoms with Crippen LogP contribution in [0.4, 0.5) is 5.69 Å². The minimum Gasteiger partial charge on any atom is -0.364 e. The molecular weight excluding hydrogens is 470 g/mol. The summed E-state index contributed by atoms with van der Waals surface area (Å²) in [5, 5.41) is 9.79. The van der Waals surface area contributed by atoms with Crippen molar-refractivity contribution < 1.29 is 13.6 Å². The first-order valence-corrected chi connectivity index (χ1v) is 13.2. The zero-order chi connectivity index (χ0) is 25.3. The van der Waals surface area contributed by atoms with Crippen molar-refractivity contribution in [3.8, 4) is 11.8 Å². The zero-order valence-corrected chi connectivity index (χ0v) is 21.2. The predicted molar refractivity (Wildman–Crippen MR) is 145 cm³/mol. The predicted octanol–water partition coefficient (Wildman–Crippen LogP) is 3.76. The highest BCUT2D eigenvalue weighted by Gasteiger charge is 2.27. The first-order chi connectivity index (χ1) is 17.5. The first kappa shape index (κ1) is 25.7. The largest absolute Gasteiger partial charge is 0.364 e. The minimum atomic E-state index is -2.35. The number of hydrogen-bond donors (Lipinski definition) is 2. The van der Waals surface area contributed by atoms with Gasteiger partial charge < -0.3 is 10.1 Å². The van der Waals surface area contributed by atoms with Crippen LogP contribution in [0, 0.1) is 11.8 Å². The summed E-state index contributed by atoms with van der Waals surface area (Å²) in [6.45, 7) is 4.05. The fourth-order valence-corrected chi connectivity index (χ4v) is 5.12. The quantitative estimate of drug-likeness (QED) is 0.292. The van der Waals surface area contributed by atoms with E-state index in [4.69, 9.17) is 0 Å². The summed E-state index contributed by atoms with van der Waals surface area (Å²) in [5.74, 6) is 6.55. The topological polar surface area (TPSA) is 72.9 Å². The molecule has 6 nitrogen and oxygen atoms in total. The number of anilines is 1. The van der Waals surface area contributed by atoms with Crippen LogP contribution in [-0.2, 0) is 10.3 Å². The van der Waals surface area contributed by atoms with E-state index in [0.29, 0.717) is 31.0 Å². The van der Waals surface area contributed by atoms with Crippen molar-refractivity contribution in [1.82, 2.24) is 10.4 Å². The Labute approximate surface area is 214 Å². The molecule has 2 N–H and O–H groups in total. The Kier molecular flexibility index (Phi) is 8.93. The molecule has 0 aliphatic carbocycles. The van der Waals surface area contributed by atoms with Gasteiger partial charge in [0.05, 0.1) is 6.54 Å². The smallest absolute Gasteiger partial charge is 0.230 e. The maximum atomic E-state index is 12.1. The third-order valence-corrected chi connectivity index (χ3v) is 7.27. The van der Waals surface area contributed by atoms with Gasteiger partial charge in [0.2, 0.25) is 10.3 Å². The highest BCUT2D eigenvalue weighted by Crippen LogP contribution is 2.22. The zero-order valence-electron chi connectivity index (χ0n) is 20.3. The molecule has 0 amide bonds. The number of benzene rings is 3. The molecule has 1 saturated heterocycles. The summed E-state index contributed by atoms with van der Waals surface area (Å²) in [4.78, 5) is 4.26. The molecule has 7 heteroatoms. The van der Waals surface area contributed by atoms with Gasteiger partial charge in [-0.15, -0.1) is 0 Å². The van der Waals surface area contributed by atoms with Crippen LogP contribution in [0.5, 0.6) is 0 Å². The Balaban J connectivity index is 1.40. The van der Waals surface area contributed by atoms with Crippen molar-refractivity contribution in [2.75, 3.05) is 31.1 Å². The van der Waals surface area contributed by atoms with Crippen LogP contribution < -0.4 is 10.4 Å². The third kappa shape index (κ3) is 6.84. The lowest BCUT2D eigenvalue weighted by Crippen LogP contribution is -2.54. The molecule has 0 bridgehead atoms. The monoisotopic (exact) mass is 501 g/mol. The fourth-order valence-electron chi connectivity index (χ4n) is 4.48. The van der Waals surface area contributed by atoms with Crippen LogP contribution >= 0.6 is 0 Å². The van der Waals surface area contributed by atoms with E-state index in [2.05, 4.69) is 41.3 Å². The van der Waals surface area contributed by atoms with E-state index < -0.39 is 10.3 Å². The van der Waals surface area contributed by atoms with E-state index in [1.807, 2.05) is 77.7 Å². The van der Waals surface area contributed by atoms with Crippen LogP contribution in [0.2, 0.25) is 0 Å². The second-order valence-electron chi connectivity index (χ2n) is 9.03. The van der Waals surface area contributed by atoms with Gasteiger partial charge in [-0.25, -0.2) is 5.48 Å². The Bertz CT molecular complexity index is 1320. The SMILES string of the molecule is C[C@@H](CC(CN1CCN(c2ccc(C#Cc3ccccc3)cc2)CC1=S(=O)=O)NO)c1ccccc1. The Morgan fingerprint density at radius 3 is 2.11 bits per heavy atom. The minimum absolute atomic E-state index is 0.224. The number of hydrogen-bond acceptors (Lipinski definition) is 5. The molecule has 0 saturated carbocycles. The molecule has 2 atom stereocenters. The number of rotatable bonds is 7. The molecule has 3 aromatic carbocycles. The summed E-state index contributed by atoms with van der Waals surface area (Å²) in [7, 11) is -2.35. The van der Waals surface area contributed by atoms with E-state index in [-0.39, 0.29) is 18.5 Å². The summed E-state index contributed by atoms with van der Waals surface area (Å²) < 4.78 is 24.2. The number of piperazine rings is 1. The van der Waals surface area contributed by atoms with Crippen molar-refractivity contribution >= 4 is 21.0 Å². The summed E-state index contributed by atoms with van der Waals surface area (Å²) in [6, 6.07) is 27.6. The molecule has 1 fully saturated rings. The molecule has 1 heterocycles. The maximum absolute atomic E-state index is 12.1. The van der Waals surface area contributed by atoms with Crippen LogP contribution in [-0.4, -0.2) is 55.7 Å². The van der Waals surface area contributed by atoms with Crippen molar-refractivity contribution in [2.24, 2.45) is 0 Å². The highest BCUT2D eigenvalue weighted by atomic mass is 32.2. The second-order valence-corrected chi connectivity index (χ2v) is 9.97. The van der Waals surface area contributed by atoms with Gasteiger partial charge in [0, 0.05) is 42.5 Å². The van der Waals surface area contributed by atoms with Gasteiger partial charge in [-0.2, -0.15) is 8.42 Å². The number of nitrogens with one attached hydrogen (secondary N) is 1. The third-order valence-electron chi connectivity index (χ3n) is 6.50. The Morgan fingerprint density at radius 2 is 1.50 bits per heavy atom. The van der Waals surface area contributed by atoms with E-state index in [1.54, 1.807) is 0 Å². The summed E-state index contributed by atoms with van der Waals surface area (Å²) >= 11 is 0. The maximum Gasteiger partial charge on any atom is 0.230 e. The lowest BCUT2D eigenvalue weighted by Gasteiger charge is -2.37. The van der Waals surface area contributed by atoms with E-state index in [9.17, 15) is 13.6 Å². The van der Waals surface area contributed by atoms with Crippen molar-refractivity contribution in [3.05, 3.63) is 102 Å². The normalized spacial score (nSPS) is 15.6. The van der Waals surface area contributed by atoms with Crippen LogP contribution in [0.3, 0.4) is 0 Å². The van der Waals surface area contributed by atoms with Gasteiger partial charge in [0.15, 0.2) is 0 Å². The molecule has 3 aromatic rings. The van der Waals surface area contributed by atoms with Gasteiger partial charge >= 0.3 is 0 Å². The molecule has 0 aromatic heterocycles. The second kappa shape index (κ2) is 12.5. The summed E-state index contributed by atoms with van der Waals surface area (Å²) in [6.07, 6.45) is 0.685. The van der Waals surface area contributed by atoms with Crippen molar-refractivity contribution in [1.29, 1.82) is 0 Å². The summed E-state index contributed by atoms with van der Waals surface area (Å²) in [5.41, 5.74) is 6.41. The van der Waals surface area contributed by atoms with Gasteiger partial charge in [0.1, 0.15) is 4.99 Å². The van der Waals surface area contributed by atoms with Crippen LogP contribution in [0.25, 0.3) is 0 Å². The fraction of sp³-hybridized carbons (Fsp3) is 0.276. The molecule has 1 aliphatic rings. The molecule has 0 spiro atoms. The molecule has 1 unspecified atom stereocenters. The molecule has 1 aliphatic heterocycles. The Hall–Kier alpha value is -3.41. The van der Waals surface area contributed by atoms with E-state index >= 15 is 0 Å². The van der Waals surface area contributed by atoms with Crippen LogP contribution in [0.15, 0.2) is 84.9 Å². The van der Waals surface area contributed by atoms with Crippen molar-refractivity contribution in [3.63, 3.8) is 0 Å². The van der Waals surface area contributed by atoms with Gasteiger partial charge in [-0.1, -0.05) is 67.3 Å². The highest BCUT2D eigenvalue weighted by molar-refractivity contribution is 7.72. The van der Waals surface area contributed by atoms with E-state index in [1.165, 1.54) is 5.56 Å².